The summed E-state index contributed by atoms with van der Waals surface area (Å²) in [5.74, 6) is 0.353. The van der Waals surface area contributed by atoms with Gasteiger partial charge in [-0.1, -0.05) is 0 Å². The quantitative estimate of drug-likeness (QED) is 0.678. The van der Waals surface area contributed by atoms with Gasteiger partial charge in [0.15, 0.2) is 0 Å². The number of benzene rings is 2. The molecule has 32 heavy (non-hydrogen) atoms. The number of sulfonamides is 1. The Morgan fingerprint density at radius 2 is 1.88 bits per heavy atom. The Labute approximate surface area is 188 Å². The van der Waals surface area contributed by atoms with Crippen molar-refractivity contribution in [3.63, 3.8) is 0 Å². The van der Waals surface area contributed by atoms with Crippen molar-refractivity contribution < 1.29 is 27.5 Å². The second-order valence-electron chi connectivity index (χ2n) is 7.61. The van der Waals surface area contributed by atoms with Gasteiger partial charge in [-0.3, -0.25) is 9.59 Å². The average Bonchev–Trinajstić information content (AvgIpc) is 3.08. The minimum absolute atomic E-state index is 0.0385. The molecule has 0 spiro atoms. The van der Waals surface area contributed by atoms with Crippen molar-refractivity contribution in [1.29, 1.82) is 0 Å². The highest BCUT2D eigenvalue weighted by Gasteiger charge is 2.31. The number of likely N-dealkylation sites (N-methyl/N-ethyl adjacent to an activating group) is 1. The number of fused-ring (bicyclic) bond motifs is 1. The second-order valence-corrected chi connectivity index (χ2v) is 9.65. The molecule has 1 N–H and O–H groups in total. The van der Waals surface area contributed by atoms with Crippen molar-refractivity contribution in [3.8, 4) is 11.5 Å². The van der Waals surface area contributed by atoms with Crippen molar-refractivity contribution in [2.24, 2.45) is 0 Å². The zero-order valence-electron chi connectivity index (χ0n) is 18.7. The van der Waals surface area contributed by atoms with Gasteiger partial charge in [-0.15, -0.1) is 0 Å². The van der Waals surface area contributed by atoms with Crippen LogP contribution < -0.4 is 19.7 Å². The summed E-state index contributed by atoms with van der Waals surface area (Å²) in [6.45, 7) is 3.02. The Morgan fingerprint density at radius 1 is 1.16 bits per heavy atom. The first-order valence-corrected chi connectivity index (χ1v) is 11.4. The van der Waals surface area contributed by atoms with Crippen LogP contribution in [0.25, 0.3) is 0 Å². The van der Waals surface area contributed by atoms with Crippen LogP contribution in [-0.4, -0.2) is 58.4 Å². The molecule has 1 atom stereocenters. The normalized spacial score (nSPS) is 15.4. The number of hydrogen-bond acceptors (Lipinski definition) is 6. The van der Waals surface area contributed by atoms with Gasteiger partial charge in [0.25, 0.3) is 0 Å². The maximum absolute atomic E-state index is 13.0. The van der Waals surface area contributed by atoms with Crippen LogP contribution in [0.5, 0.6) is 11.5 Å². The van der Waals surface area contributed by atoms with Crippen molar-refractivity contribution in [2.45, 2.75) is 31.2 Å². The monoisotopic (exact) mass is 461 g/mol. The minimum Gasteiger partial charge on any atom is -0.497 e. The Hall–Kier alpha value is -3.11. The van der Waals surface area contributed by atoms with Crippen molar-refractivity contribution in [2.75, 3.05) is 38.0 Å². The third-order valence-corrected chi connectivity index (χ3v) is 7.16. The van der Waals surface area contributed by atoms with E-state index in [0.717, 1.165) is 15.6 Å². The predicted octanol–water partition coefficient (Wildman–Crippen LogP) is 2.26. The fraction of sp³-hybridized carbons (Fsp3) is 0.364. The van der Waals surface area contributed by atoms with Crippen molar-refractivity contribution in [1.82, 2.24) is 4.31 Å². The van der Waals surface area contributed by atoms with Gasteiger partial charge in [0, 0.05) is 31.8 Å². The fourth-order valence-electron chi connectivity index (χ4n) is 3.81. The molecule has 172 valence electrons. The van der Waals surface area contributed by atoms with Crippen LogP contribution in [0.2, 0.25) is 0 Å². The van der Waals surface area contributed by atoms with Crippen LogP contribution in [0, 0.1) is 0 Å². The summed E-state index contributed by atoms with van der Waals surface area (Å²) >= 11 is 0. The number of methoxy groups -OCH3 is 2. The lowest BCUT2D eigenvalue weighted by Crippen LogP contribution is -2.35. The lowest BCUT2D eigenvalue weighted by atomic mass is 10.1. The Kier molecular flexibility index (Phi) is 6.75. The Balaban J connectivity index is 1.75. The topological polar surface area (TPSA) is 105 Å². The summed E-state index contributed by atoms with van der Waals surface area (Å²) in [5, 5.41) is 2.66. The number of hydrogen-bond donors (Lipinski definition) is 1. The number of nitrogens with zero attached hydrogens (tertiary/aromatic N) is 2. The summed E-state index contributed by atoms with van der Waals surface area (Å²) in [6.07, 6.45) is 0.569. The largest absolute Gasteiger partial charge is 0.497 e. The van der Waals surface area contributed by atoms with Crippen LogP contribution in [0.3, 0.4) is 0 Å². The number of nitrogens with one attached hydrogen (secondary N) is 1. The highest BCUT2D eigenvalue weighted by Crippen LogP contribution is 2.34. The third-order valence-electron chi connectivity index (χ3n) is 5.36. The van der Waals surface area contributed by atoms with Crippen LogP contribution >= 0.6 is 0 Å². The second kappa shape index (κ2) is 9.17. The molecule has 1 heterocycles. The van der Waals surface area contributed by atoms with E-state index in [4.69, 9.17) is 9.47 Å². The maximum atomic E-state index is 13.0. The van der Waals surface area contributed by atoms with Crippen LogP contribution in [0.4, 0.5) is 11.4 Å². The lowest BCUT2D eigenvalue weighted by Gasteiger charge is -2.21. The Bertz CT molecular complexity index is 1150. The van der Waals surface area contributed by atoms with Gasteiger partial charge in [-0.05, 0) is 49.2 Å². The van der Waals surface area contributed by atoms with E-state index in [0.29, 0.717) is 23.6 Å². The van der Waals surface area contributed by atoms with Gasteiger partial charge >= 0.3 is 0 Å². The fourth-order valence-corrected chi connectivity index (χ4v) is 4.98. The first-order valence-electron chi connectivity index (χ1n) is 9.99. The molecule has 1 aliphatic rings. The summed E-state index contributed by atoms with van der Waals surface area (Å²) in [7, 11) is 0.413. The number of carbonyl (C=O) groups is 2. The summed E-state index contributed by atoms with van der Waals surface area (Å²) in [6, 6.07) is 9.54. The molecule has 0 saturated heterocycles. The zero-order chi connectivity index (χ0) is 23.6. The molecular weight excluding hydrogens is 434 g/mol. The van der Waals surface area contributed by atoms with E-state index in [1.54, 1.807) is 35.2 Å². The van der Waals surface area contributed by atoms with Crippen LogP contribution in [0.15, 0.2) is 41.3 Å². The van der Waals surface area contributed by atoms with Gasteiger partial charge in [0.1, 0.15) is 11.5 Å². The molecule has 3 rings (SSSR count). The maximum Gasteiger partial charge on any atom is 0.243 e. The summed E-state index contributed by atoms with van der Waals surface area (Å²) in [5.41, 5.74) is 1.91. The van der Waals surface area contributed by atoms with Gasteiger partial charge in [0.2, 0.25) is 21.8 Å². The van der Waals surface area contributed by atoms with Gasteiger partial charge in [-0.25, -0.2) is 8.42 Å². The van der Waals surface area contributed by atoms with E-state index in [-0.39, 0.29) is 23.4 Å². The summed E-state index contributed by atoms with van der Waals surface area (Å²) in [4.78, 5) is 26.2. The zero-order valence-corrected chi connectivity index (χ0v) is 19.5. The van der Waals surface area contributed by atoms with E-state index in [9.17, 15) is 18.0 Å². The van der Waals surface area contributed by atoms with Crippen molar-refractivity contribution in [3.05, 3.63) is 42.0 Å². The molecule has 1 aliphatic heterocycles. The molecule has 0 bridgehead atoms. The molecular formula is C22H27N3O6S. The molecule has 0 unspecified atom stereocenters. The molecule has 2 aromatic carbocycles. The predicted molar refractivity (Wildman–Crippen MR) is 121 cm³/mol. The first-order chi connectivity index (χ1) is 15.1. The molecule has 9 nitrogen and oxygen atoms in total. The molecule has 0 aliphatic carbocycles. The summed E-state index contributed by atoms with van der Waals surface area (Å²) < 4.78 is 37.5. The average molecular weight is 462 g/mol. The molecule has 10 heteroatoms. The third kappa shape index (κ3) is 4.56. The smallest absolute Gasteiger partial charge is 0.243 e. The van der Waals surface area contributed by atoms with E-state index in [2.05, 4.69) is 5.32 Å². The molecule has 0 fully saturated rings. The van der Waals surface area contributed by atoms with E-state index >= 15 is 0 Å². The number of ether oxygens (including phenoxy) is 2. The number of carbonyl (C=O) groups excluding carboxylic acids is 2. The van der Waals surface area contributed by atoms with E-state index < -0.39 is 15.9 Å². The number of rotatable bonds is 7. The standard InChI is InChI=1S/C22H27N3O6S/c1-14-10-16-11-18(7-9-20(16)25(14)15(2)26)32(28,29)24(3)13-22(27)23-19-8-6-17(30-4)12-21(19)31-5/h6-9,11-12,14H,10,13H2,1-5H3,(H,23,27)/t14-/m1/s1. The van der Waals surface area contributed by atoms with Gasteiger partial charge in [0.05, 0.1) is 31.3 Å². The van der Waals surface area contributed by atoms with Crippen LogP contribution in [0.1, 0.15) is 19.4 Å². The lowest BCUT2D eigenvalue weighted by molar-refractivity contribution is -0.117. The number of anilines is 2. The highest BCUT2D eigenvalue weighted by atomic mass is 32.2. The van der Waals surface area contributed by atoms with E-state index in [1.807, 2.05) is 6.92 Å². The molecule has 0 saturated carbocycles. The molecule has 0 radical (unpaired) electrons. The highest BCUT2D eigenvalue weighted by molar-refractivity contribution is 7.89. The molecule has 2 amide bonds. The van der Waals surface area contributed by atoms with E-state index in [1.165, 1.54) is 34.3 Å². The molecule has 2 aromatic rings. The van der Waals surface area contributed by atoms with Crippen molar-refractivity contribution >= 4 is 33.2 Å². The molecule has 0 aromatic heterocycles. The first kappa shape index (κ1) is 23.6. The van der Waals surface area contributed by atoms with Crippen LogP contribution in [-0.2, 0) is 26.0 Å². The SMILES string of the molecule is COc1ccc(NC(=O)CN(C)S(=O)(=O)c2ccc3c(c2)C[C@@H](C)N3C(C)=O)c(OC)c1. The van der Waals surface area contributed by atoms with Gasteiger partial charge in [-0.2, -0.15) is 4.31 Å². The van der Waals surface area contributed by atoms with Gasteiger partial charge < -0.3 is 19.7 Å². The number of amides is 2. The minimum atomic E-state index is -3.91. The Morgan fingerprint density at radius 3 is 2.50 bits per heavy atom.